The van der Waals surface area contributed by atoms with E-state index >= 15 is 0 Å². The number of aromatic nitrogens is 3. The van der Waals surface area contributed by atoms with Crippen LogP contribution in [-0.2, 0) is 79.2 Å². The lowest BCUT2D eigenvalue weighted by molar-refractivity contribution is -0.192. The average Bonchev–Trinajstić information content (AvgIpc) is 0.811. The second-order valence-corrected chi connectivity index (χ2v) is 28.6. The average molecular weight is 1580 g/mol. The molecule has 0 aliphatic rings. The van der Waals surface area contributed by atoms with E-state index in [-0.39, 0.29) is 60.2 Å². The minimum Gasteiger partial charge on any atom is -0.481 e. The number of carboxylic acid groups (broad SMARTS) is 2. The first-order valence-electron chi connectivity index (χ1n) is 34.2. The second-order valence-electron chi connectivity index (χ2n) is 24.4. The number of benzene rings is 1. The fourth-order valence-electron chi connectivity index (χ4n) is 9.62. The number of nitrogen functional groups attached to an aromatic ring is 1. The molecule has 13 atom stereocenters. The van der Waals surface area contributed by atoms with Crippen LogP contribution < -0.4 is 37.9 Å². The smallest absolute Gasteiger partial charge is 0.471 e. The molecule has 0 bridgehead atoms. The number of aryl methyl sites for hydroxylation is 2. The fourth-order valence-corrected chi connectivity index (χ4v) is 12.4. The molecule has 602 valence electrons. The third-order valence-corrected chi connectivity index (χ3v) is 19.5. The number of nitrogens with zero attached hydrogens (tertiary/aromatic N) is 2. The first-order chi connectivity index (χ1) is 50.6. The highest BCUT2D eigenvalue weighted by molar-refractivity contribution is 8.76. The molecule has 0 aliphatic heterocycles. The number of amides is 5. The normalized spacial score (nSPS) is 15.1. The third-order valence-electron chi connectivity index (χ3n) is 16.0. The van der Waals surface area contributed by atoms with Crippen LogP contribution >= 0.6 is 29.4 Å². The van der Waals surface area contributed by atoms with E-state index < -0.39 is 205 Å². The molecule has 1 aromatic carbocycles. The van der Waals surface area contributed by atoms with Crippen molar-refractivity contribution in [3.05, 3.63) is 63.7 Å². The van der Waals surface area contributed by atoms with E-state index in [9.17, 15) is 113 Å². The minimum absolute atomic E-state index is 0.0191. The predicted octanol–water partition coefficient (Wildman–Crippen LogP) is -2.18. The first kappa shape index (κ1) is 97.4. The largest absolute Gasteiger partial charge is 0.481 e. The van der Waals surface area contributed by atoms with Gasteiger partial charge in [-0.25, -0.2) is 9.55 Å². The van der Waals surface area contributed by atoms with Gasteiger partial charge in [0.25, 0.3) is 5.56 Å². The van der Waals surface area contributed by atoms with Crippen LogP contribution in [0.4, 0.5) is 5.82 Å². The fraction of sp³-hybridized carbons (Fsp3) is 0.636. The van der Waals surface area contributed by atoms with Crippen LogP contribution in [-0.4, -0.2) is 265 Å². The minimum atomic E-state index is -4.05. The number of pyridine rings is 1. The molecule has 0 fully saturated rings. The van der Waals surface area contributed by atoms with Crippen molar-refractivity contribution >= 4 is 111 Å². The molecule has 0 radical (unpaired) electrons. The van der Waals surface area contributed by atoms with E-state index in [4.69, 9.17) is 30.1 Å². The molecule has 3 rings (SSSR count). The van der Waals surface area contributed by atoms with Gasteiger partial charge < -0.3 is 103 Å². The molecule has 41 heteroatoms. The number of nitrogens with one attached hydrogen (secondary N) is 6. The van der Waals surface area contributed by atoms with Crippen LogP contribution in [0.2, 0.25) is 0 Å². The van der Waals surface area contributed by atoms with Crippen LogP contribution in [0.15, 0.2) is 41.3 Å². The molecule has 2 aromatic heterocycles. The molecule has 0 saturated heterocycles. The number of phosphoric ester groups is 1. The van der Waals surface area contributed by atoms with Crippen molar-refractivity contribution in [2.75, 3.05) is 63.8 Å². The lowest BCUT2D eigenvalue weighted by Gasteiger charge is -2.26. The van der Waals surface area contributed by atoms with Crippen molar-refractivity contribution in [2.24, 2.45) is 11.8 Å². The van der Waals surface area contributed by atoms with Gasteiger partial charge in [-0.05, 0) is 56.9 Å². The zero-order chi connectivity index (χ0) is 80.8. The topological polar surface area (TPSA) is 648 Å². The number of Topliss-reactive ketones (excluding diaryl/α,β-unsaturated/α-hetero) is 3. The van der Waals surface area contributed by atoms with Crippen LogP contribution in [0.3, 0.4) is 0 Å². The SMILES string of the molecule is CCC(=O)N[C@@H](CCC(=O)NC[C@H](O)[C@@H](O)[C@H](O)[C@H](O)CO)C(=O)C[C@@H](CCC(=O)O)C(=O)N[C@@H](CCC(=O)NC[C@H](O)[C@@H](O)[C@H](O)[C@H](O)CO)C(=O)C[C@@H](CSSCCC(=O)NCCCCCCOP(=O)(O)OC)C(=O)O.CCCCC(=O)c1ccc(CCc2cnc3cc(N)[nH]c(=O)c3n2)cc1.O=C=O. The van der Waals surface area contributed by atoms with Crippen LogP contribution in [0.1, 0.15) is 145 Å². The van der Waals surface area contributed by atoms with E-state index in [2.05, 4.69) is 53.0 Å². The Bertz CT molecular complexity index is 3410. The lowest BCUT2D eigenvalue weighted by Crippen LogP contribution is -2.50. The molecule has 0 spiro atoms. The van der Waals surface area contributed by atoms with Gasteiger partial charge in [0.05, 0.1) is 61.2 Å². The maximum Gasteiger partial charge on any atom is 0.471 e. The van der Waals surface area contributed by atoms with Crippen LogP contribution in [0.25, 0.3) is 11.0 Å². The Hall–Kier alpha value is -7.60. The molecule has 0 saturated carbocycles. The van der Waals surface area contributed by atoms with Crippen LogP contribution in [0.5, 0.6) is 0 Å². The maximum absolute atomic E-state index is 14.0. The number of anilines is 1. The summed E-state index contributed by atoms with van der Waals surface area (Å²) < 4.78 is 20.4. The number of aliphatic hydroxyl groups is 10. The van der Waals surface area contributed by atoms with Gasteiger partial charge in [0.2, 0.25) is 29.5 Å². The van der Waals surface area contributed by atoms with Gasteiger partial charge in [0, 0.05) is 113 Å². The quantitative estimate of drug-likeness (QED) is 0.0124. The standard InChI is InChI=1S/C45H80N5O25PS2.C20H22N4O2.CO2/c1-3-35(59)49-27(9-11-36(60)47-20-31(55)40(65)42(67)33(57)22-51)29(53)18-25(8-13-39(63)64)44(69)50-28(10-12-37(61)48-21-32(56)41(66)43(68)34(58)23-52)30(54)19-26(45(70)71)24-78-77-17-14-38(62)46-15-6-4-5-7-16-75-76(72,73)74-2;1-2-3-4-17(25)14-8-5-13(6-9-14)7-10-15-12-22-16-11-18(21)24-20(26)19(16)23-15;2-1-3/h25-28,31-34,40-43,51-52,55-58,65-68H,3-24H2,1-2H3,(H,46,62)(H,47,60)(H,48,61)(H,49,59)(H,50,69)(H,63,64)(H,70,71)(H,72,73);5-6,8-9,11-12H,2-4,7,10H2,1H3,(H3,21,24,26);/t25-,26+,27+,28+,31+,32+,33-,34-,40-,41-,42-,43-;;/m1../s1. The summed E-state index contributed by atoms with van der Waals surface area (Å²) in [5, 5.41) is 129. The monoisotopic (exact) mass is 1580 g/mol. The number of aliphatic hydroxyl groups excluding tert-OH is 10. The molecule has 5 amide bonds. The first-order valence-corrected chi connectivity index (χ1v) is 38.2. The third kappa shape index (κ3) is 40.4. The molecule has 2 heterocycles. The van der Waals surface area contributed by atoms with E-state index in [1.807, 2.05) is 24.3 Å². The molecule has 38 nitrogen and oxygen atoms in total. The number of nitrogens with two attached hydrogens (primary N) is 1. The summed E-state index contributed by atoms with van der Waals surface area (Å²) in [5.74, 6) is -10.9. The molecule has 1 unspecified atom stereocenters. The summed E-state index contributed by atoms with van der Waals surface area (Å²) in [6, 6.07) is 6.14. The number of carbonyl (C=O) groups excluding carboxylic acids is 10. The number of hydrogen-bond acceptors (Lipinski definition) is 31. The molecule has 21 N–H and O–H groups in total. The maximum atomic E-state index is 14.0. The van der Waals surface area contributed by atoms with Crippen molar-refractivity contribution in [1.29, 1.82) is 0 Å². The summed E-state index contributed by atoms with van der Waals surface area (Å²) in [6.07, 6.45) is -12.1. The summed E-state index contributed by atoms with van der Waals surface area (Å²) in [7, 11) is -0.840. The van der Waals surface area contributed by atoms with E-state index in [1.54, 1.807) is 12.3 Å². The van der Waals surface area contributed by atoms with Gasteiger partial charge in [-0.1, -0.05) is 79.0 Å². The number of rotatable bonds is 54. The Morgan fingerprint density at radius 3 is 1.71 bits per heavy atom. The number of hydrogen-bond donors (Lipinski definition) is 20. The molecular weight excluding hydrogens is 1480 g/mol. The highest BCUT2D eigenvalue weighted by Crippen LogP contribution is 2.42. The molecule has 3 aromatic rings. The number of carboxylic acids is 2. The van der Waals surface area contributed by atoms with Gasteiger partial charge in [-0.2, -0.15) is 9.59 Å². The zero-order valence-corrected chi connectivity index (χ0v) is 62.1. The number of fused-ring (bicyclic) bond motifs is 1. The van der Waals surface area contributed by atoms with E-state index in [0.717, 1.165) is 64.8 Å². The van der Waals surface area contributed by atoms with Gasteiger partial charge in [0.1, 0.15) is 42.4 Å². The van der Waals surface area contributed by atoms with Crippen LogP contribution in [0, 0.1) is 11.8 Å². The van der Waals surface area contributed by atoms with E-state index in [1.165, 1.54) is 6.92 Å². The Morgan fingerprint density at radius 2 is 1.19 bits per heavy atom. The number of aliphatic carboxylic acids is 2. The van der Waals surface area contributed by atoms with Gasteiger partial charge in [0.15, 0.2) is 22.9 Å². The molecule has 0 aliphatic carbocycles. The predicted molar refractivity (Wildman–Crippen MR) is 383 cm³/mol. The summed E-state index contributed by atoms with van der Waals surface area (Å²) in [4.78, 5) is 177. The highest BCUT2D eigenvalue weighted by atomic mass is 33.1. The molecule has 107 heavy (non-hydrogen) atoms. The Kier molecular flexibility index (Phi) is 49.2. The van der Waals surface area contributed by atoms with Gasteiger partial charge in [-0.15, -0.1) is 0 Å². The zero-order valence-electron chi connectivity index (χ0n) is 59.6. The Labute approximate surface area is 623 Å². The second kappa shape index (κ2) is 54.1. The number of carbonyl (C=O) groups is 10. The Morgan fingerprint density at radius 1 is 0.654 bits per heavy atom. The molecular formula is C66H102N9O29PS2. The number of unbranched alkanes of at least 4 members (excludes halogenated alkanes) is 4. The van der Waals surface area contributed by atoms with Crippen molar-refractivity contribution in [1.82, 2.24) is 41.5 Å². The van der Waals surface area contributed by atoms with Gasteiger partial charge >= 0.3 is 25.9 Å². The summed E-state index contributed by atoms with van der Waals surface area (Å²) >= 11 is 0. The van der Waals surface area contributed by atoms with Crippen molar-refractivity contribution in [3.63, 3.8) is 0 Å². The van der Waals surface area contributed by atoms with Crippen molar-refractivity contribution in [2.45, 2.75) is 197 Å². The number of aromatic amines is 1. The van der Waals surface area contributed by atoms with Crippen molar-refractivity contribution < 1.29 is 137 Å². The Balaban J connectivity index is 0.00000162. The number of H-pyrrole nitrogens is 1. The highest BCUT2D eigenvalue weighted by Gasteiger charge is 2.35. The summed E-state index contributed by atoms with van der Waals surface area (Å²) in [5.41, 5.74) is 8.69. The lowest BCUT2D eigenvalue weighted by atomic mass is 9.90. The van der Waals surface area contributed by atoms with E-state index in [0.29, 0.717) is 56.1 Å². The number of ketones is 3. The number of phosphoric acid groups is 1. The van der Waals surface area contributed by atoms with Crippen molar-refractivity contribution in [3.8, 4) is 0 Å². The summed E-state index contributed by atoms with van der Waals surface area (Å²) in [6.45, 7) is 0.545. The van der Waals surface area contributed by atoms with Gasteiger partial charge in [-0.3, -0.25) is 66.8 Å².